The molecule has 0 radical (unpaired) electrons. The molecule has 27 heavy (non-hydrogen) atoms. The quantitative estimate of drug-likeness (QED) is 0.483. The minimum Gasteiger partial charge on any atom is -0.457 e. The van der Waals surface area contributed by atoms with Gasteiger partial charge in [-0.15, -0.1) is 0 Å². The van der Waals surface area contributed by atoms with E-state index in [-0.39, 0.29) is 12.6 Å². The van der Waals surface area contributed by atoms with E-state index in [1.807, 2.05) is 74.5 Å². The number of carbonyl (C=O) groups is 1. The van der Waals surface area contributed by atoms with Gasteiger partial charge >= 0.3 is 5.97 Å². The Labute approximate surface area is 158 Å². The van der Waals surface area contributed by atoms with Crippen LogP contribution in [0.4, 0.5) is 0 Å². The van der Waals surface area contributed by atoms with Gasteiger partial charge in [0.2, 0.25) is 0 Å². The van der Waals surface area contributed by atoms with Crippen molar-refractivity contribution in [1.29, 1.82) is 0 Å². The first-order chi connectivity index (χ1) is 13.1. The molecule has 0 spiro atoms. The SMILES string of the molecule is Cc1ccc(COC(=O)c2ccc3c(c2)nc(C)n3-c2ccccc2)cc1. The molecule has 0 saturated heterocycles. The smallest absolute Gasteiger partial charge is 0.338 e. The fourth-order valence-electron chi connectivity index (χ4n) is 3.15. The van der Waals surface area contributed by atoms with Crippen LogP contribution in [0.15, 0.2) is 72.8 Å². The Kier molecular flexibility index (Phi) is 4.47. The van der Waals surface area contributed by atoms with Crippen molar-refractivity contribution < 1.29 is 9.53 Å². The van der Waals surface area contributed by atoms with E-state index in [1.54, 1.807) is 12.1 Å². The Balaban J connectivity index is 1.58. The topological polar surface area (TPSA) is 44.1 Å². The van der Waals surface area contributed by atoms with Crippen LogP contribution in [0, 0.1) is 13.8 Å². The van der Waals surface area contributed by atoms with E-state index >= 15 is 0 Å². The minimum atomic E-state index is -0.343. The van der Waals surface area contributed by atoms with Crippen LogP contribution in [0.2, 0.25) is 0 Å². The Morgan fingerprint density at radius 1 is 0.963 bits per heavy atom. The second-order valence-electron chi connectivity index (χ2n) is 6.60. The summed E-state index contributed by atoms with van der Waals surface area (Å²) in [5, 5.41) is 0. The van der Waals surface area contributed by atoms with Crippen molar-refractivity contribution in [2.75, 3.05) is 0 Å². The zero-order chi connectivity index (χ0) is 18.8. The van der Waals surface area contributed by atoms with Gasteiger partial charge in [-0.2, -0.15) is 0 Å². The number of nitrogens with zero attached hydrogens (tertiary/aromatic N) is 2. The first-order valence-electron chi connectivity index (χ1n) is 8.89. The van der Waals surface area contributed by atoms with Gasteiger partial charge in [-0.25, -0.2) is 9.78 Å². The highest BCUT2D eigenvalue weighted by molar-refractivity contribution is 5.94. The number of imidazole rings is 1. The summed E-state index contributed by atoms with van der Waals surface area (Å²) < 4.78 is 7.53. The number of benzene rings is 3. The van der Waals surface area contributed by atoms with Crippen LogP contribution in [0.3, 0.4) is 0 Å². The molecule has 0 bridgehead atoms. The van der Waals surface area contributed by atoms with Gasteiger partial charge in [-0.05, 0) is 49.7 Å². The Bertz CT molecular complexity index is 1100. The van der Waals surface area contributed by atoms with Crippen LogP contribution in [0.1, 0.15) is 27.3 Å². The molecular weight excluding hydrogens is 336 g/mol. The first kappa shape index (κ1) is 17.0. The van der Waals surface area contributed by atoms with Crippen molar-refractivity contribution in [3.05, 3.63) is 95.3 Å². The molecule has 4 heteroatoms. The molecule has 0 aliphatic rings. The maximum absolute atomic E-state index is 12.4. The van der Waals surface area contributed by atoms with Gasteiger partial charge in [0.1, 0.15) is 12.4 Å². The molecule has 4 nitrogen and oxygen atoms in total. The van der Waals surface area contributed by atoms with E-state index in [0.29, 0.717) is 5.56 Å². The van der Waals surface area contributed by atoms with Crippen LogP contribution >= 0.6 is 0 Å². The standard InChI is InChI=1S/C23H20N2O2/c1-16-8-10-18(11-9-16)15-27-23(26)19-12-13-22-21(14-19)24-17(2)25(22)20-6-4-3-5-7-20/h3-14H,15H2,1-2H3. The van der Waals surface area contributed by atoms with E-state index in [2.05, 4.69) is 9.55 Å². The average Bonchev–Trinajstić information content (AvgIpc) is 3.02. The molecule has 0 fully saturated rings. The minimum absolute atomic E-state index is 0.259. The normalized spacial score (nSPS) is 10.9. The summed E-state index contributed by atoms with van der Waals surface area (Å²) in [5.74, 6) is 0.533. The molecule has 1 aromatic heterocycles. The second-order valence-corrected chi connectivity index (χ2v) is 6.60. The fraction of sp³-hybridized carbons (Fsp3) is 0.130. The summed E-state index contributed by atoms with van der Waals surface area (Å²) in [6.07, 6.45) is 0. The van der Waals surface area contributed by atoms with E-state index in [1.165, 1.54) is 5.56 Å². The van der Waals surface area contributed by atoms with Crippen molar-refractivity contribution in [1.82, 2.24) is 9.55 Å². The van der Waals surface area contributed by atoms with Crippen molar-refractivity contribution in [3.8, 4) is 5.69 Å². The van der Waals surface area contributed by atoms with Gasteiger partial charge in [0, 0.05) is 5.69 Å². The monoisotopic (exact) mass is 356 g/mol. The van der Waals surface area contributed by atoms with E-state index in [0.717, 1.165) is 28.1 Å². The molecule has 0 N–H and O–H groups in total. The number of para-hydroxylation sites is 1. The van der Waals surface area contributed by atoms with Crippen LogP contribution < -0.4 is 0 Å². The lowest BCUT2D eigenvalue weighted by Gasteiger charge is -2.07. The number of carbonyl (C=O) groups excluding carboxylic acids is 1. The molecular formula is C23H20N2O2. The van der Waals surface area contributed by atoms with Crippen molar-refractivity contribution in [2.24, 2.45) is 0 Å². The van der Waals surface area contributed by atoms with Crippen LogP contribution in [-0.4, -0.2) is 15.5 Å². The number of rotatable bonds is 4. The highest BCUT2D eigenvalue weighted by atomic mass is 16.5. The zero-order valence-electron chi connectivity index (χ0n) is 15.3. The summed E-state index contributed by atoms with van der Waals surface area (Å²) in [4.78, 5) is 17.0. The van der Waals surface area contributed by atoms with Crippen LogP contribution in [-0.2, 0) is 11.3 Å². The number of esters is 1. The summed E-state index contributed by atoms with van der Waals surface area (Å²) in [6, 6.07) is 23.5. The summed E-state index contributed by atoms with van der Waals surface area (Å²) in [6.45, 7) is 4.25. The van der Waals surface area contributed by atoms with Crippen molar-refractivity contribution in [2.45, 2.75) is 20.5 Å². The van der Waals surface area contributed by atoms with E-state index in [9.17, 15) is 4.79 Å². The first-order valence-corrected chi connectivity index (χ1v) is 8.89. The summed E-state index contributed by atoms with van der Waals surface area (Å²) in [5.41, 5.74) is 5.45. The van der Waals surface area contributed by atoms with Gasteiger partial charge in [0.25, 0.3) is 0 Å². The van der Waals surface area contributed by atoms with Gasteiger partial charge in [0.15, 0.2) is 0 Å². The maximum atomic E-state index is 12.4. The number of aryl methyl sites for hydroxylation is 2. The third-order valence-corrected chi connectivity index (χ3v) is 4.56. The molecule has 4 aromatic rings. The molecule has 1 heterocycles. The Hall–Kier alpha value is -3.40. The molecule has 0 amide bonds. The Morgan fingerprint density at radius 3 is 2.44 bits per heavy atom. The molecule has 3 aromatic carbocycles. The third kappa shape index (κ3) is 3.47. The highest BCUT2D eigenvalue weighted by Crippen LogP contribution is 2.22. The molecule has 0 aliphatic heterocycles. The number of hydrogen-bond acceptors (Lipinski definition) is 3. The van der Waals surface area contributed by atoms with Crippen LogP contribution in [0.5, 0.6) is 0 Å². The second kappa shape index (κ2) is 7.08. The largest absolute Gasteiger partial charge is 0.457 e. The van der Waals surface area contributed by atoms with Crippen molar-refractivity contribution in [3.63, 3.8) is 0 Å². The lowest BCUT2D eigenvalue weighted by Crippen LogP contribution is -2.05. The van der Waals surface area contributed by atoms with Crippen molar-refractivity contribution >= 4 is 17.0 Å². The lowest BCUT2D eigenvalue weighted by molar-refractivity contribution is 0.0473. The highest BCUT2D eigenvalue weighted by Gasteiger charge is 2.13. The third-order valence-electron chi connectivity index (χ3n) is 4.56. The van der Waals surface area contributed by atoms with Gasteiger partial charge in [-0.3, -0.25) is 4.57 Å². The average molecular weight is 356 g/mol. The molecule has 0 saturated carbocycles. The lowest BCUT2D eigenvalue weighted by atomic mass is 10.1. The number of ether oxygens (including phenoxy) is 1. The Morgan fingerprint density at radius 2 is 1.70 bits per heavy atom. The molecule has 0 aliphatic carbocycles. The fourth-order valence-corrected chi connectivity index (χ4v) is 3.15. The van der Waals surface area contributed by atoms with E-state index in [4.69, 9.17) is 4.74 Å². The van der Waals surface area contributed by atoms with Gasteiger partial charge in [-0.1, -0.05) is 48.0 Å². The number of fused-ring (bicyclic) bond motifs is 1. The molecule has 0 atom stereocenters. The van der Waals surface area contributed by atoms with Gasteiger partial charge < -0.3 is 4.74 Å². The maximum Gasteiger partial charge on any atom is 0.338 e. The molecule has 0 unspecified atom stereocenters. The zero-order valence-corrected chi connectivity index (χ0v) is 15.3. The van der Waals surface area contributed by atoms with Gasteiger partial charge in [0.05, 0.1) is 16.6 Å². The van der Waals surface area contributed by atoms with Crippen LogP contribution in [0.25, 0.3) is 16.7 Å². The molecule has 134 valence electrons. The molecule has 4 rings (SSSR count). The predicted molar refractivity (Wildman–Crippen MR) is 106 cm³/mol. The number of hydrogen-bond donors (Lipinski definition) is 0. The predicted octanol–water partition coefficient (Wildman–Crippen LogP) is 5.00. The number of aromatic nitrogens is 2. The summed E-state index contributed by atoms with van der Waals surface area (Å²) >= 11 is 0. The van der Waals surface area contributed by atoms with E-state index < -0.39 is 0 Å². The summed E-state index contributed by atoms with van der Waals surface area (Å²) in [7, 11) is 0.